The van der Waals surface area contributed by atoms with Crippen LogP contribution in [0.2, 0.25) is 15.1 Å². The third-order valence-corrected chi connectivity index (χ3v) is 6.00. The molecular formula is C22H21Cl3N6O2. The summed E-state index contributed by atoms with van der Waals surface area (Å²) in [7, 11) is 0. The van der Waals surface area contributed by atoms with Crippen LogP contribution in [0.1, 0.15) is 19.8 Å². The second kappa shape index (κ2) is 10.4. The average molecular weight is 508 g/mol. The van der Waals surface area contributed by atoms with Gasteiger partial charge in [-0.05, 0) is 36.4 Å². The summed E-state index contributed by atoms with van der Waals surface area (Å²) in [4.78, 5) is 26.6. The SMILES string of the molecule is CC(=O)Nc1c(Cl)ccc(Nc2ncnc(N3CCC(Oc4ccc(Cl)cc4)CC3)n2)c1Cl. The lowest BCUT2D eigenvalue weighted by Gasteiger charge is -2.32. The predicted octanol–water partition coefficient (Wildman–Crippen LogP) is 5.58. The number of carbonyl (C=O) groups excluding carboxylic acids is 1. The molecule has 1 amide bonds. The highest BCUT2D eigenvalue weighted by molar-refractivity contribution is 6.41. The molecule has 11 heteroatoms. The Labute approximate surface area is 206 Å². The molecule has 0 bridgehead atoms. The van der Waals surface area contributed by atoms with Crippen LogP contribution in [0.25, 0.3) is 0 Å². The summed E-state index contributed by atoms with van der Waals surface area (Å²) in [6, 6.07) is 10.7. The van der Waals surface area contributed by atoms with Crippen LogP contribution in [0.5, 0.6) is 5.75 Å². The first-order valence-electron chi connectivity index (χ1n) is 10.3. The van der Waals surface area contributed by atoms with Crippen molar-refractivity contribution in [1.29, 1.82) is 0 Å². The lowest BCUT2D eigenvalue weighted by Crippen LogP contribution is -2.39. The topological polar surface area (TPSA) is 92.3 Å². The number of hydrogen-bond acceptors (Lipinski definition) is 7. The maximum absolute atomic E-state index is 11.4. The molecule has 1 aliphatic heterocycles. The molecule has 0 saturated carbocycles. The molecule has 2 N–H and O–H groups in total. The molecule has 0 unspecified atom stereocenters. The van der Waals surface area contributed by atoms with Gasteiger partial charge in [0.2, 0.25) is 17.8 Å². The number of hydrogen-bond donors (Lipinski definition) is 2. The number of amides is 1. The number of rotatable bonds is 6. The highest BCUT2D eigenvalue weighted by Gasteiger charge is 2.23. The van der Waals surface area contributed by atoms with E-state index in [0.717, 1.165) is 31.7 Å². The Morgan fingerprint density at radius 3 is 2.48 bits per heavy atom. The number of benzene rings is 2. The summed E-state index contributed by atoms with van der Waals surface area (Å²) >= 11 is 18.5. The van der Waals surface area contributed by atoms with E-state index in [4.69, 9.17) is 39.5 Å². The Hall–Kier alpha value is -2.81. The van der Waals surface area contributed by atoms with Gasteiger partial charge in [0, 0.05) is 37.9 Å². The summed E-state index contributed by atoms with van der Waals surface area (Å²) in [5.41, 5.74) is 0.838. The van der Waals surface area contributed by atoms with Gasteiger partial charge in [-0.3, -0.25) is 4.79 Å². The fourth-order valence-corrected chi connectivity index (χ4v) is 4.08. The Kier molecular flexibility index (Phi) is 7.37. The van der Waals surface area contributed by atoms with Crippen LogP contribution < -0.4 is 20.3 Å². The summed E-state index contributed by atoms with van der Waals surface area (Å²) in [6.45, 7) is 2.88. The minimum atomic E-state index is -0.276. The molecule has 1 fully saturated rings. The zero-order valence-electron chi connectivity index (χ0n) is 17.7. The highest BCUT2D eigenvalue weighted by Crippen LogP contribution is 2.37. The average Bonchev–Trinajstić information content (AvgIpc) is 2.81. The molecule has 1 aromatic heterocycles. The van der Waals surface area contributed by atoms with Crippen molar-refractivity contribution in [3.05, 3.63) is 57.8 Å². The van der Waals surface area contributed by atoms with Crippen molar-refractivity contribution in [1.82, 2.24) is 15.0 Å². The van der Waals surface area contributed by atoms with Gasteiger partial charge in [0.15, 0.2) is 0 Å². The predicted molar refractivity (Wildman–Crippen MR) is 131 cm³/mol. The number of halogens is 3. The van der Waals surface area contributed by atoms with Crippen LogP contribution in [0.15, 0.2) is 42.7 Å². The van der Waals surface area contributed by atoms with Crippen LogP contribution in [-0.2, 0) is 4.79 Å². The summed E-state index contributed by atoms with van der Waals surface area (Å²) in [5.74, 6) is 1.42. The molecule has 2 heterocycles. The van der Waals surface area contributed by atoms with Crippen LogP contribution >= 0.6 is 34.8 Å². The van der Waals surface area contributed by atoms with E-state index in [1.807, 2.05) is 24.3 Å². The number of anilines is 4. The Morgan fingerprint density at radius 2 is 1.79 bits per heavy atom. The molecule has 0 aliphatic carbocycles. The molecular weight excluding hydrogens is 487 g/mol. The first-order valence-corrected chi connectivity index (χ1v) is 11.4. The first-order chi connectivity index (χ1) is 15.9. The quantitative estimate of drug-likeness (QED) is 0.450. The van der Waals surface area contributed by atoms with Crippen LogP contribution in [0.3, 0.4) is 0 Å². The molecule has 172 valence electrons. The maximum Gasteiger partial charge on any atom is 0.232 e. The van der Waals surface area contributed by atoms with E-state index in [0.29, 0.717) is 33.3 Å². The lowest BCUT2D eigenvalue weighted by molar-refractivity contribution is -0.114. The maximum atomic E-state index is 11.4. The van der Waals surface area contributed by atoms with E-state index in [-0.39, 0.29) is 17.0 Å². The van der Waals surface area contributed by atoms with Gasteiger partial charge in [-0.1, -0.05) is 34.8 Å². The molecule has 0 spiro atoms. The van der Waals surface area contributed by atoms with Gasteiger partial charge in [0.25, 0.3) is 0 Å². The number of ether oxygens (including phenoxy) is 1. The minimum absolute atomic E-state index is 0.113. The van der Waals surface area contributed by atoms with Crippen molar-refractivity contribution in [2.45, 2.75) is 25.9 Å². The van der Waals surface area contributed by atoms with Gasteiger partial charge in [-0.2, -0.15) is 4.98 Å². The van der Waals surface area contributed by atoms with Crippen LogP contribution in [-0.4, -0.2) is 40.1 Å². The van der Waals surface area contributed by atoms with E-state index < -0.39 is 0 Å². The number of carbonyl (C=O) groups is 1. The summed E-state index contributed by atoms with van der Waals surface area (Å²) in [5, 5.41) is 6.99. The van der Waals surface area contributed by atoms with Crippen molar-refractivity contribution in [3.8, 4) is 5.75 Å². The summed E-state index contributed by atoms with van der Waals surface area (Å²) in [6.07, 6.45) is 3.22. The minimum Gasteiger partial charge on any atom is -0.490 e. The summed E-state index contributed by atoms with van der Waals surface area (Å²) < 4.78 is 6.05. The van der Waals surface area contributed by atoms with E-state index in [1.54, 1.807) is 12.1 Å². The Balaban J connectivity index is 1.41. The van der Waals surface area contributed by atoms with E-state index in [1.165, 1.54) is 13.3 Å². The molecule has 0 radical (unpaired) electrons. The number of aromatic nitrogens is 3. The van der Waals surface area contributed by atoms with Crippen molar-refractivity contribution in [3.63, 3.8) is 0 Å². The van der Waals surface area contributed by atoms with Gasteiger partial charge in [0.1, 0.15) is 18.2 Å². The van der Waals surface area contributed by atoms with Crippen LogP contribution in [0, 0.1) is 0 Å². The molecule has 8 nitrogen and oxygen atoms in total. The fourth-order valence-electron chi connectivity index (χ4n) is 3.44. The molecule has 1 saturated heterocycles. The van der Waals surface area contributed by atoms with E-state index >= 15 is 0 Å². The zero-order chi connectivity index (χ0) is 23.4. The van der Waals surface area contributed by atoms with Crippen molar-refractivity contribution >= 4 is 64.0 Å². The molecule has 1 aliphatic rings. The second-order valence-electron chi connectivity index (χ2n) is 7.46. The smallest absolute Gasteiger partial charge is 0.232 e. The van der Waals surface area contributed by atoms with Gasteiger partial charge < -0.3 is 20.3 Å². The molecule has 33 heavy (non-hydrogen) atoms. The molecule has 3 aromatic rings. The van der Waals surface area contributed by atoms with Gasteiger partial charge in [-0.15, -0.1) is 0 Å². The largest absolute Gasteiger partial charge is 0.490 e. The number of nitrogens with one attached hydrogen (secondary N) is 2. The zero-order valence-corrected chi connectivity index (χ0v) is 20.0. The normalized spacial score (nSPS) is 14.1. The molecule has 4 rings (SSSR count). The van der Waals surface area contributed by atoms with Crippen LogP contribution in [0.4, 0.5) is 23.3 Å². The molecule has 0 atom stereocenters. The highest BCUT2D eigenvalue weighted by atomic mass is 35.5. The van der Waals surface area contributed by atoms with Crippen molar-refractivity contribution in [2.24, 2.45) is 0 Å². The number of nitrogens with zero attached hydrogens (tertiary/aromatic N) is 4. The van der Waals surface area contributed by atoms with Gasteiger partial charge in [0.05, 0.1) is 21.4 Å². The first kappa shape index (κ1) is 23.4. The van der Waals surface area contributed by atoms with Gasteiger partial charge >= 0.3 is 0 Å². The third-order valence-electron chi connectivity index (χ3n) is 5.04. The lowest BCUT2D eigenvalue weighted by atomic mass is 10.1. The standard InChI is InChI=1S/C22H21Cl3N6O2/c1-13(32)28-20-17(24)6-7-18(19(20)25)29-21-26-12-27-22(30-21)31-10-8-16(9-11-31)33-15-4-2-14(23)3-5-15/h2-7,12,16H,8-11H2,1H3,(H,28,32)(H,26,27,29,30). The van der Waals surface area contributed by atoms with Gasteiger partial charge in [-0.25, -0.2) is 9.97 Å². The molecule has 2 aromatic carbocycles. The Bertz CT molecular complexity index is 1140. The monoisotopic (exact) mass is 506 g/mol. The fraction of sp³-hybridized carbons (Fsp3) is 0.273. The van der Waals surface area contributed by atoms with Crippen molar-refractivity contribution in [2.75, 3.05) is 28.6 Å². The number of piperidine rings is 1. The third kappa shape index (κ3) is 5.96. The van der Waals surface area contributed by atoms with E-state index in [2.05, 4.69) is 30.5 Å². The second-order valence-corrected chi connectivity index (χ2v) is 8.68. The van der Waals surface area contributed by atoms with Crippen molar-refractivity contribution < 1.29 is 9.53 Å². The Morgan fingerprint density at radius 1 is 1.06 bits per heavy atom. The van der Waals surface area contributed by atoms with E-state index in [9.17, 15) is 4.79 Å².